The van der Waals surface area contributed by atoms with Gasteiger partial charge in [0.25, 0.3) is 5.91 Å². The van der Waals surface area contributed by atoms with E-state index in [0.717, 1.165) is 57.6 Å². The van der Waals surface area contributed by atoms with Crippen LogP contribution in [0, 0.1) is 0 Å². The first-order valence-electron chi connectivity index (χ1n) is 8.02. The second-order valence-corrected chi connectivity index (χ2v) is 5.84. The molecule has 0 bridgehead atoms. The Kier molecular flexibility index (Phi) is 4.56. The minimum absolute atomic E-state index is 0.179. The molecule has 0 aliphatic carbocycles. The number of likely N-dealkylation sites (tertiary alicyclic amines) is 1. The SMILES string of the molecule is CCOC1CCCN(C(=O)c2cccc3c2CCNC3)C1. The number of benzene rings is 1. The predicted octanol–water partition coefficient (Wildman–Crippen LogP) is 1.97. The van der Waals surface area contributed by atoms with E-state index in [9.17, 15) is 4.79 Å². The van der Waals surface area contributed by atoms with Crippen LogP contribution >= 0.6 is 0 Å². The third kappa shape index (κ3) is 3.11. The molecule has 1 aromatic rings. The number of ether oxygens (including phenoxy) is 1. The molecule has 2 aliphatic heterocycles. The summed E-state index contributed by atoms with van der Waals surface area (Å²) in [4.78, 5) is 14.8. The summed E-state index contributed by atoms with van der Waals surface area (Å²) in [5.41, 5.74) is 3.40. The molecule has 1 amide bonds. The van der Waals surface area contributed by atoms with Gasteiger partial charge in [0.15, 0.2) is 0 Å². The Balaban J connectivity index is 1.79. The maximum absolute atomic E-state index is 12.9. The Morgan fingerprint density at radius 1 is 1.48 bits per heavy atom. The highest BCUT2D eigenvalue weighted by molar-refractivity contribution is 5.96. The van der Waals surface area contributed by atoms with Crippen molar-refractivity contribution in [2.24, 2.45) is 0 Å². The molecule has 1 fully saturated rings. The zero-order valence-corrected chi connectivity index (χ0v) is 12.7. The van der Waals surface area contributed by atoms with Gasteiger partial charge in [0.2, 0.25) is 0 Å². The Morgan fingerprint density at radius 3 is 3.24 bits per heavy atom. The topological polar surface area (TPSA) is 41.6 Å². The van der Waals surface area contributed by atoms with Gasteiger partial charge in [0.1, 0.15) is 0 Å². The summed E-state index contributed by atoms with van der Waals surface area (Å²) in [6.45, 7) is 6.15. The average molecular weight is 288 g/mol. The first kappa shape index (κ1) is 14.5. The first-order chi connectivity index (χ1) is 10.3. The van der Waals surface area contributed by atoms with Gasteiger partial charge in [-0.05, 0) is 49.9 Å². The molecule has 114 valence electrons. The molecule has 0 aromatic heterocycles. The van der Waals surface area contributed by atoms with Gasteiger partial charge in [-0.2, -0.15) is 0 Å². The van der Waals surface area contributed by atoms with Crippen LogP contribution in [0.1, 0.15) is 41.3 Å². The molecule has 0 radical (unpaired) electrons. The summed E-state index contributed by atoms with van der Waals surface area (Å²) in [5.74, 6) is 0.179. The first-order valence-corrected chi connectivity index (χ1v) is 8.02. The van der Waals surface area contributed by atoms with Gasteiger partial charge in [-0.3, -0.25) is 4.79 Å². The van der Waals surface area contributed by atoms with Gasteiger partial charge < -0.3 is 15.0 Å². The van der Waals surface area contributed by atoms with Crippen LogP contribution in [0.15, 0.2) is 18.2 Å². The zero-order chi connectivity index (χ0) is 14.7. The molecule has 1 unspecified atom stereocenters. The zero-order valence-electron chi connectivity index (χ0n) is 12.7. The summed E-state index contributed by atoms with van der Waals surface area (Å²) >= 11 is 0. The van der Waals surface area contributed by atoms with Crippen LogP contribution in [-0.4, -0.2) is 43.2 Å². The Morgan fingerprint density at radius 2 is 2.38 bits per heavy atom. The maximum atomic E-state index is 12.9. The maximum Gasteiger partial charge on any atom is 0.254 e. The normalized spacial score (nSPS) is 22.0. The summed E-state index contributed by atoms with van der Waals surface area (Å²) < 4.78 is 5.71. The lowest BCUT2D eigenvalue weighted by Crippen LogP contribution is -2.43. The lowest BCUT2D eigenvalue weighted by Gasteiger charge is -2.33. The number of carbonyl (C=O) groups is 1. The Labute approximate surface area is 126 Å². The van der Waals surface area contributed by atoms with E-state index in [1.165, 1.54) is 11.1 Å². The van der Waals surface area contributed by atoms with Crippen molar-refractivity contribution in [3.63, 3.8) is 0 Å². The minimum atomic E-state index is 0.179. The molecule has 0 spiro atoms. The highest BCUT2D eigenvalue weighted by atomic mass is 16.5. The number of nitrogens with one attached hydrogen (secondary N) is 1. The van der Waals surface area contributed by atoms with Gasteiger partial charge in [0.05, 0.1) is 6.10 Å². The molecule has 4 heteroatoms. The van der Waals surface area contributed by atoms with Gasteiger partial charge in [0, 0.05) is 31.8 Å². The number of hydrogen-bond donors (Lipinski definition) is 1. The second-order valence-electron chi connectivity index (χ2n) is 5.84. The van der Waals surface area contributed by atoms with E-state index < -0.39 is 0 Å². The van der Waals surface area contributed by atoms with E-state index in [1.54, 1.807) is 0 Å². The number of hydrogen-bond acceptors (Lipinski definition) is 3. The summed E-state index contributed by atoms with van der Waals surface area (Å²) in [6.07, 6.45) is 3.25. The summed E-state index contributed by atoms with van der Waals surface area (Å²) in [6, 6.07) is 6.11. The quantitative estimate of drug-likeness (QED) is 0.924. The fraction of sp³-hybridized carbons (Fsp3) is 0.588. The minimum Gasteiger partial charge on any atom is -0.377 e. The number of carbonyl (C=O) groups excluding carboxylic acids is 1. The molecule has 2 heterocycles. The predicted molar refractivity (Wildman–Crippen MR) is 82.4 cm³/mol. The van der Waals surface area contributed by atoms with Crippen LogP contribution in [0.3, 0.4) is 0 Å². The van der Waals surface area contributed by atoms with E-state index in [0.29, 0.717) is 0 Å². The third-order valence-electron chi connectivity index (χ3n) is 4.44. The summed E-state index contributed by atoms with van der Waals surface area (Å²) in [7, 11) is 0. The van der Waals surface area contributed by atoms with Crippen molar-refractivity contribution in [1.82, 2.24) is 10.2 Å². The molecular weight excluding hydrogens is 264 g/mol. The number of amides is 1. The molecule has 4 nitrogen and oxygen atoms in total. The van der Waals surface area contributed by atoms with Crippen molar-refractivity contribution in [3.8, 4) is 0 Å². The molecule has 1 atom stereocenters. The molecule has 2 aliphatic rings. The van der Waals surface area contributed by atoms with E-state index >= 15 is 0 Å². The monoisotopic (exact) mass is 288 g/mol. The van der Waals surface area contributed by atoms with Crippen molar-refractivity contribution in [2.45, 2.75) is 38.8 Å². The van der Waals surface area contributed by atoms with Gasteiger partial charge in [-0.1, -0.05) is 12.1 Å². The van der Waals surface area contributed by atoms with Crippen LogP contribution < -0.4 is 5.32 Å². The molecule has 21 heavy (non-hydrogen) atoms. The number of piperidine rings is 1. The molecular formula is C17H24N2O2. The molecule has 1 aromatic carbocycles. The van der Waals surface area contributed by atoms with Gasteiger partial charge in [-0.25, -0.2) is 0 Å². The Hall–Kier alpha value is -1.39. The van der Waals surface area contributed by atoms with E-state index in [-0.39, 0.29) is 12.0 Å². The lowest BCUT2D eigenvalue weighted by molar-refractivity contribution is 0.00719. The largest absolute Gasteiger partial charge is 0.377 e. The summed E-state index contributed by atoms with van der Waals surface area (Å²) in [5, 5.41) is 3.37. The van der Waals surface area contributed by atoms with Gasteiger partial charge >= 0.3 is 0 Å². The van der Waals surface area contributed by atoms with Crippen LogP contribution in [-0.2, 0) is 17.7 Å². The molecule has 0 saturated carbocycles. The molecule has 3 rings (SSSR count). The molecule has 1 saturated heterocycles. The van der Waals surface area contributed by atoms with Crippen LogP contribution in [0.25, 0.3) is 0 Å². The van der Waals surface area contributed by atoms with Gasteiger partial charge in [-0.15, -0.1) is 0 Å². The van der Waals surface area contributed by atoms with Crippen LogP contribution in [0.5, 0.6) is 0 Å². The van der Waals surface area contributed by atoms with Crippen molar-refractivity contribution >= 4 is 5.91 Å². The average Bonchev–Trinajstić information content (AvgIpc) is 2.54. The van der Waals surface area contributed by atoms with Crippen LogP contribution in [0.4, 0.5) is 0 Å². The number of rotatable bonds is 3. The number of fused-ring (bicyclic) bond motifs is 1. The van der Waals surface area contributed by atoms with Crippen molar-refractivity contribution in [1.29, 1.82) is 0 Å². The van der Waals surface area contributed by atoms with Crippen molar-refractivity contribution < 1.29 is 9.53 Å². The third-order valence-corrected chi connectivity index (χ3v) is 4.44. The molecule has 1 N–H and O–H groups in total. The van der Waals surface area contributed by atoms with Crippen molar-refractivity contribution in [3.05, 3.63) is 34.9 Å². The highest BCUT2D eigenvalue weighted by Crippen LogP contribution is 2.22. The fourth-order valence-electron chi connectivity index (χ4n) is 3.40. The number of nitrogens with zero attached hydrogens (tertiary/aromatic N) is 1. The standard InChI is InChI=1S/C17H24N2O2/c1-2-21-14-6-4-10-19(12-14)17(20)16-7-3-5-13-11-18-9-8-15(13)16/h3,5,7,14,18H,2,4,6,8-12H2,1H3. The second kappa shape index (κ2) is 6.58. The lowest BCUT2D eigenvalue weighted by atomic mass is 9.94. The van der Waals surface area contributed by atoms with E-state index in [1.807, 2.05) is 24.0 Å². The van der Waals surface area contributed by atoms with Crippen molar-refractivity contribution in [2.75, 3.05) is 26.2 Å². The van der Waals surface area contributed by atoms with E-state index in [2.05, 4.69) is 11.4 Å². The fourth-order valence-corrected chi connectivity index (χ4v) is 3.40. The Bertz CT molecular complexity index is 514. The highest BCUT2D eigenvalue weighted by Gasteiger charge is 2.27. The van der Waals surface area contributed by atoms with Crippen LogP contribution in [0.2, 0.25) is 0 Å². The van der Waals surface area contributed by atoms with E-state index in [4.69, 9.17) is 4.74 Å². The smallest absolute Gasteiger partial charge is 0.254 e.